The maximum Gasteiger partial charge on any atom is 0.252 e. The van der Waals surface area contributed by atoms with Crippen molar-refractivity contribution >= 4 is 11.6 Å². The van der Waals surface area contributed by atoms with Crippen LogP contribution < -0.4 is 15.4 Å². The molecule has 0 saturated heterocycles. The van der Waals surface area contributed by atoms with E-state index in [0.29, 0.717) is 18.7 Å². The molecule has 1 amide bonds. The zero-order valence-corrected chi connectivity index (χ0v) is 16.0. The Labute approximate surface area is 165 Å². The number of carbonyl (C=O) groups excluding carboxylic acids is 1. The maximum absolute atomic E-state index is 12.4. The van der Waals surface area contributed by atoms with Crippen molar-refractivity contribution in [2.75, 3.05) is 19.0 Å². The van der Waals surface area contributed by atoms with Gasteiger partial charge in [-0.25, -0.2) is 0 Å². The van der Waals surface area contributed by atoms with Gasteiger partial charge in [-0.3, -0.25) is 9.78 Å². The van der Waals surface area contributed by atoms with E-state index in [0.717, 1.165) is 29.8 Å². The molecule has 0 fully saturated rings. The lowest BCUT2D eigenvalue weighted by Crippen LogP contribution is -2.25. The highest BCUT2D eigenvalue weighted by Crippen LogP contribution is 2.19. The van der Waals surface area contributed by atoms with Crippen LogP contribution in [-0.2, 0) is 13.0 Å². The molecule has 5 nitrogen and oxygen atoms in total. The van der Waals surface area contributed by atoms with Crippen molar-refractivity contribution in [3.63, 3.8) is 0 Å². The Morgan fingerprint density at radius 3 is 2.64 bits per heavy atom. The molecule has 0 atom stereocenters. The fourth-order valence-electron chi connectivity index (χ4n) is 2.95. The fraction of sp³-hybridized carbons (Fsp3) is 0.217. The Kier molecular flexibility index (Phi) is 7.01. The summed E-state index contributed by atoms with van der Waals surface area (Å²) in [5, 5.41) is 6.26. The number of methoxy groups -OCH3 is 1. The molecule has 0 unspecified atom stereocenters. The smallest absolute Gasteiger partial charge is 0.252 e. The number of para-hydroxylation sites is 1. The zero-order valence-electron chi connectivity index (χ0n) is 16.0. The highest BCUT2D eigenvalue weighted by atomic mass is 16.5. The standard InChI is InChI=1S/C23H25N3O2/c1-28-22-12-6-5-11-19(22)16-26-21-14-20(15-24-17-21)23(27)25-13-7-10-18-8-3-2-4-9-18/h2-6,8-9,11-12,14-15,17,26H,7,10,13,16H2,1H3,(H,25,27). The van der Waals surface area contributed by atoms with Gasteiger partial charge in [0.2, 0.25) is 0 Å². The van der Waals surface area contributed by atoms with E-state index in [-0.39, 0.29) is 5.91 Å². The molecule has 28 heavy (non-hydrogen) atoms. The molecule has 0 aliphatic heterocycles. The summed E-state index contributed by atoms with van der Waals surface area (Å²) in [6.45, 7) is 1.22. The third kappa shape index (κ3) is 5.58. The van der Waals surface area contributed by atoms with Crippen molar-refractivity contribution < 1.29 is 9.53 Å². The number of anilines is 1. The van der Waals surface area contributed by atoms with Crippen LogP contribution in [0.2, 0.25) is 0 Å². The average Bonchev–Trinajstić information content (AvgIpc) is 2.76. The normalized spacial score (nSPS) is 10.3. The first-order valence-electron chi connectivity index (χ1n) is 9.39. The number of carbonyl (C=O) groups is 1. The number of nitrogens with zero attached hydrogens (tertiary/aromatic N) is 1. The topological polar surface area (TPSA) is 63.2 Å². The minimum Gasteiger partial charge on any atom is -0.496 e. The number of hydrogen-bond donors (Lipinski definition) is 2. The van der Waals surface area contributed by atoms with Crippen LogP contribution in [0.1, 0.15) is 27.9 Å². The highest BCUT2D eigenvalue weighted by Gasteiger charge is 2.07. The Bertz CT molecular complexity index is 897. The lowest BCUT2D eigenvalue weighted by Gasteiger charge is -2.11. The molecule has 0 radical (unpaired) electrons. The van der Waals surface area contributed by atoms with Gasteiger partial charge in [0.15, 0.2) is 0 Å². The molecular formula is C23H25N3O2. The van der Waals surface area contributed by atoms with Gasteiger partial charge >= 0.3 is 0 Å². The molecule has 5 heteroatoms. The van der Waals surface area contributed by atoms with Crippen molar-refractivity contribution in [1.82, 2.24) is 10.3 Å². The summed E-state index contributed by atoms with van der Waals surface area (Å²) in [6.07, 6.45) is 5.14. The number of rotatable bonds is 9. The molecule has 0 aliphatic carbocycles. The molecule has 144 valence electrons. The van der Waals surface area contributed by atoms with E-state index in [9.17, 15) is 4.79 Å². The van der Waals surface area contributed by atoms with Gasteiger partial charge in [0.25, 0.3) is 5.91 Å². The number of hydrogen-bond acceptors (Lipinski definition) is 4. The number of benzene rings is 2. The van der Waals surface area contributed by atoms with Crippen molar-refractivity contribution in [2.45, 2.75) is 19.4 Å². The van der Waals surface area contributed by atoms with E-state index in [1.165, 1.54) is 5.56 Å². The Hall–Kier alpha value is -3.34. The van der Waals surface area contributed by atoms with Crippen molar-refractivity contribution in [2.24, 2.45) is 0 Å². The predicted molar refractivity (Wildman–Crippen MR) is 112 cm³/mol. The second-order valence-corrected chi connectivity index (χ2v) is 6.47. The van der Waals surface area contributed by atoms with Crippen LogP contribution >= 0.6 is 0 Å². The van der Waals surface area contributed by atoms with Crippen LogP contribution in [-0.4, -0.2) is 24.5 Å². The van der Waals surface area contributed by atoms with Crippen LogP contribution in [0.3, 0.4) is 0 Å². The Morgan fingerprint density at radius 2 is 1.82 bits per heavy atom. The highest BCUT2D eigenvalue weighted by molar-refractivity contribution is 5.94. The van der Waals surface area contributed by atoms with Gasteiger partial charge in [-0.1, -0.05) is 48.5 Å². The first-order chi connectivity index (χ1) is 13.8. The Morgan fingerprint density at radius 1 is 1.04 bits per heavy atom. The van der Waals surface area contributed by atoms with Gasteiger partial charge in [0, 0.05) is 31.0 Å². The number of aromatic nitrogens is 1. The molecule has 0 bridgehead atoms. The van der Waals surface area contributed by atoms with Crippen LogP contribution in [0.4, 0.5) is 5.69 Å². The minimum absolute atomic E-state index is 0.110. The summed E-state index contributed by atoms with van der Waals surface area (Å²) in [4.78, 5) is 16.6. The lowest BCUT2D eigenvalue weighted by atomic mass is 10.1. The van der Waals surface area contributed by atoms with Gasteiger partial charge in [-0.05, 0) is 30.5 Å². The molecule has 2 aromatic carbocycles. The second kappa shape index (κ2) is 10.1. The third-order valence-electron chi connectivity index (χ3n) is 4.45. The number of nitrogens with one attached hydrogen (secondary N) is 2. The molecule has 1 heterocycles. The fourth-order valence-corrected chi connectivity index (χ4v) is 2.95. The van der Waals surface area contributed by atoms with Crippen molar-refractivity contribution in [1.29, 1.82) is 0 Å². The molecule has 0 saturated carbocycles. The summed E-state index contributed by atoms with van der Waals surface area (Å²) in [6, 6.07) is 19.9. The van der Waals surface area contributed by atoms with E-state index >= 15 is 0 Å². The van der Waals surface area contributed by atoms with Gasteiger partial charge in [-0.2, -0.15) is 0 Å². The molecule has 0 spiro atoms. The number of aryl methyl sites for hydroxylation is 1. The van der Waals surface area contributed by atoms with E-state index < -0.39 is 0 Å². The summed E-state index contributed by atoms with van der Waals surface area (Å²) < 4.78 is 5.36. The van der Waals surface area contributed by atoms with E-state index in [2.05, 4.69) is 27.8 Å². The monoisotopic (exact) mass is 375 g/mol. The first-order valence-corrected chi connectivity index (χ1v) is 9.39. The quantitative estimate of drug-likeness (QED) is 0.554. The van der Waals surface area contributed by atoms with Crippen LogP contribution in [0.5, 0.6) is 5.75 Å². The number of pyridine rings is 1. The summed E-state index contributed by atoms with van der Waals surface area (Å²) in [5.74, 6) is 0.719. The van der Waals surface area contributed by atoms with Crippen LogP contribution in [0.15, 0.2) is 73.1 Å². The van der Waals surface area contributed by atoms with E-state index in [1.54, 1.807) is 19.5 Å². The molecule has 3 aromatic rings. The molecule has 2 N–H and O–H groups in total. The first kappa shape index (κ1) is 19.4. The number of ether oxygens (including phenoxy) is 1. The van der Waals surface area contributed by atoms with Crippen molar-refractivity contribution in [3.05, 3.63) is 89.7 Å². The average molecular weight is 375 g/mol. The minimum atomic E-state index is -0.110. The zero-order chi connectivity index (χ0) is 19.6. The summed E-state index contributed by atoms with van der Waals surface area (Å²) in [5.41, 5.74) is 3.66. The van der Waals surface area contributed by atoms with Gasteiger partial charge < -0.3 is 15.4 Å². The van der Waals surface area contributed by atoms with Crippen molar-refractivity contribution in [3.8, 4) is 5.75 Å². The predicted octanol–water partition coefficient (Wildman–Crippen LogP) is 4.06. The molecule has 3 rings (SSSR count). The molecule has 0 aliphatic rings. The Balaban J connectivity index is 1.50. The largest absolute Gasteiger partial charge is 0.496 e. The van der Waals surface area contributed by atoms with Gasteiger partial charge in [0.1, 0.15) is 5.75 Å². The number of amides is 1. The van der Waals surface area contributed by atoms with Gasteiger partial charge in [0.05, 0.1) is 18.4 Å². The van der Waals surface area contributed by atoms with E-state index in [1.807, 2.05) is 48.5 Å². The van der Waals surface area contributed by atoms with E-state index in [4.69, 9.17) is 4.74 Å². The lowest BCUT2D eigenvalue weighted by molar-refractivity contribution is 0.0953. The summed E-state index contributed by atoms with van der Waals surface area (Å²) in [7, 11) is 1.66. The third-order valence-corrected chi connectivity index (χ3v) is 4.45. The second-order valence-electron chi connectivity index (χ2n) is 6.47. The van der Waals surface area contributed by atoms with Crippen LogP contribution in [0, 0.1) is 0 Å². The van der Waals surface area contributed by atoms with Gasteiger partial charge in [-0.15, -0.1) is 0 Å². The summed E-state index contributed by atoms with van der Waals surface area (Å²) >= 11 is 0. The SMILES string of the molecule is COc1ccccc1CNc1cncc(C(=O)NCCCc2ccccc2)c1. The molecule has 1 aromatic heterocycles. The maximum atomic E-state index is 12.4. The molecular weight excluding hydrogens is 350 g/mol. The van der Waals surface area contributed by atoms with Crippen LogP contribution in [0.25, 0.3) is 0 Å².